The first-order valence-corrected chi connectivity index (χ1v) is 13.8. The maximum Gasteiger partial charge on any atom is 0.320 e. The van der Waals surface area contributed by atoms with Crippen molar-refractivity contribution in [3.63, 3.8) is 0 Å². The van der Waals surface area contributed by atoms with Crippen LogP contribution in [0.1, 0.15) is 12.5 Å². The quantitative estimate of drug-likeness (QED) is 0.243. The Kier molecular flexibility index (Phi) is 10.1. The number of nitrogens with one attached hydrogen (secondary N) is 2. The van der Waals surface area contributed by atoms with Gasteiger partial charge < -0.3 is 20.1 Å². The van der Waals surface area contributed by atoms with Gasteiger partial charge in [-0.2, -0.15) is 5.26 Å². The van der Waals surface area contributed by atoms with Crippen LogP contribution in [0.3, 0.4) is 0 Å². The van der Waals surface area contributed by atoms with Gasteiger partial charge in [-0.25, -0.2) is 0 Å². The maximum atomic E-state index is 12.3. The number of nitriles is 1. The summed E-state index contributed by atoms with van der Waals surface area (Å²) in [5, 5.41) is 16.6. The lowest BCUT2D eigenvalue weighted by molar-refractivity contribution is -0.144. The molecule has 2 heterocycles. The van der Waals surface area contributed by atoms with Crippen molar-refractivity contribution in [2.24, 2.45) is 0 Å². The summed E-state index contributed by atoms with van der Waals surface area (Å²) in [6, 6.07) is 13.3. The summed E-state index contributed by atoms with van der Waals surface area (Å²) < 4.78 is 12.1. The van der Waals surface area contributed by atoms with Gasteiger partial charge in [-0.15, -0.1) is 0 Å². The fraction of sp³-hybridized carbons (Fsp3) is 0.310. The van der Waals surface area contributed by atoms with E-state index in [1.807, 2.05) is 24.3 Å². The number of carbonyl (C=O) groups excluding carboxylic acids is 2. The molecule has 0 spiro atoms. The van der Waals surface area contributed by atoms with Crippen molar-refractivity contribution in [2.45, 2.75) is 6.92 Å². The van der Waals surface area contributed by atoms with Crippen molar-refractivity contribution in [3.05, 3.63) is 65.3 Å². The minimum absolute atomic E-state index is 0.199. The van der Waals surface area contributed by atoms with Crippen LogP contribution in [0.15, 0.2) is 59.7 Å². The number of amides is 1. The fourth-order valence-corrected chi connectivity index (χ4v) is 4.79. The molecule has 0 bridgehead atoms. The first-order valence-electron chi connectivity index (χ1n) is 13.0. The maximum absolute atomic E-state index is 12.3. The topological polar surface area (TPSA) is 120 Å². The van der Waals surface area contributed by atoms with Gasteiger partial charge >= 0.3 is 5.97 Å². The van der Waals surface area contributed by atoms with E-state index in [-0.39, 0.29) is 11.9 Å². The zero-order chi connectivity index (χ0) is 28.5. The van der Waals surface area contributed by atoms with Crippen LogP contribution >= 0.6 is 15.9 Å². The summed E-state index contributed by atoms with van der Waals surface area (Å²) in [7, 11) is 0. The van der Waals surface area contributed by atoms with Gasteiger partial charge in [0.25, 0.3) is 0 Å². The van der Waals surface area contributed by atoms with Gasteiger partial charge in [-0.3, -0.25) is 24.4 Å². The number of carbonyl (C=O) groups is 2. The molecular weight excluding hydrogens is 576 g/mol. The predicted octanol–water partition coefficient (Wildman–Crippen LogP) is 4.30. The average Bonchev–Trinajstić information content (AvgIpc) is 2.94. The number of piperazine rings is 1. The molecule has 0 unspecified atom stereocenters. The summed E-state index contributed by atoms with van der Waals surface area (Å²) >= 11 is 3.47. The molecule has 0 aliphatic carbocycles. The van der Waals surface area contributed by atoms with Crippen LogP contribution in [-0.2, 0) is 14.3 Å². The predicted molar refractivity (Wildman–Crippen MR) is 158 cm³/mol. The highest BCUT2D eigenvalue weighted by atomic mass is 79.9. The average molecular weight is 608 g/mol. The molecule has 2 N–H and O–H groups in total. The van der Waals surface area contributed by atoms with Gasteiger partial charge in [0.2, 0.25) is 5.91 Å². The first kappa shape index (κ1) is 29.0. The normalized spacial score (nSPS) is 13.8. The summed E-state index contributed by atoms with van der Waals surface area (Å²) in [6.07, 6.45) is 2.71. The molecule has 40 heavy (non-hydrogen) atoms. The molecule has 0 saturated carbocycles. The Balaban J connectivity index is 1.51. The monoisotopic (exact) mass is 606 g/mol. The van der Waals surface area contributed by atoms with Crippen LogP contribution in [0.2, 0.25) is 0 Å². The molecule has 11 heteroatoms. The SMILES string of the molecule is C=CC(=O)Nc1cc2c(Nc3cccc(Br)c3)c(C#N)cnc2cc1OCCN1CCN(CC(=O)OCC)CC1. The molecule has 208 valence electrons. The van der Waals surface area contributed by atoms with Gasteiger partial charge in [0.1, 0.15) is 18.4 Å². The molecule has 10 nitrogen and oxygen atoms in total. The number of rotatable bonds is 11. The summed E-state index contributed by atoms with van der Waals surface area (Å²) in [5.74, 6) is -0.114. The number of halogens is 1. The number of hydrogen-bond donors (Lipinski definition) is 2. The molecule has 1 amide bonds. The smallest absolute Gasteiger partial charge is 0.320 e. The largest absolute Gasteiger partial charge is 0.490 e. The molecule has 1 aromatic heterocycles. The van der Waals surface area contributed by atoms with Crippen molar-refractivity contribution in [3.8, 4) is 11.8 Å². The Morgan fingerprint density at radius 2 is 1.98 bits per heavy atom. The number of fused-ring (bicyclic) bond motifs is 1. The van der Waals surface area contributed by atoms with Gasteiger partial charge in [0.15, 0.2) is 0 Å². The third-order valence-electron chi connectivity index (χ3n) is 6.42. The van der Waals surface area contributed by atoms with E-state index in [0.717, 1.165) is 36.3 Å². The lowest BCUT2D eigenvalue weighted by atomic mass is 10.1. The van der Waals surface area contributed by atoms with Crippen LogP contribution in [0.25, 0.3) is 10.9 Å². The second-order valence-corrected chi connectivity index (χ2v) is 10.0. The third-order valence-corrected chi connectivity index (χ3v) is 6.91. The van der Waals surface area contributed by atoms with E-state index in [9.17, 15) is 14.9 Å². The van der Waals surface area contributed by atoms with Crippen LogP contribution < -0.4 is 15.4 Å². The number of esters is 1. The molecule has 1 saturated heterocycles. The highest BCUT2D eigenvalue weighted by molar-refractivity contribution is 9.10. The van der Waals surface area contributed by atoms with Crippen LogP contribution in [0.5, 0.6) is 5.75 Å². The number of nitrogens with zero attached hydrogens (tertiary/aromatic N) is 4. The zero-order valence-corrected chi connectivity index (χ0v) is 23.9. The molecule has 1 fully saturated rings. The summed E-state index contributed by atoms with van der Waals surface area (Å²) in [5.41, 5.74) is 2.79. The minimum Gasteiger partial charge on any atom is -0.490 e. The van der Waals surface area contributed by atoms with Gasteiger partial charge in [-0.05, 0) is 37.3 Å². The third kappa shape index (κ3) is 7.57. The summed E-state index contributed by atoms with van der Waals surface area (Å²) in [6.45, 7) is 10.3. The van der Waals surface area contributed by atoms with Gasteiger partial charge in [0, 0.05) is 60.5 Å². The molecule has 3 aromatic rings. The number of aromatic nitrogens is 1. The Morgan fingerprint density at radius 3 is 2.67 bits per heavy atom. The van der Waals surface area contributed by atoms with Crippen LogP contribution in [-0.4, -0.2) is 79.1 Å². The van der Waals surface area contributed by atoms with E-state index < -0.39 is 0 Å². The number of benzene rings is 2. The van der Waals surface area contributed by atoms with E-state index in [1.165, 1.54) is 12.3 Å². The lowest BCUT2D eigenvalue weighted by Gasteiger charge is -2.33. The van der Waals surface area contributed by atoms with E-state index in [2.05, 4.69) is 54.0 Å². The zero-order valence-electron chi connectivity index (χ0n) is 22.3. The number of pyridine rings is 1. The molecule has 0 radical (unpaired) electrons. The van der Waals surface area contributed by atoms with Crippen molar-refractivity contribution in [1.82, 2.24) is 14.8 Å². The number of anilines is 3. The lowest BCUT2D eigenvalue weighted by Crippen LogP contribution is -2.49. The second-order valence-electron chi connectivity index (χ2n) is 9.12. The highest BCUT2D eigenvalue weighted by Gasteiger charge is 2.20. The fourth-order valence-electron chi connectivity index (χ4n) is 4.40. The molecular formula is C29H31BrN6O4. The first-order chi connectivity index (χ1) is 19.4. The van der Waals surface area contributed by atoms with E-state index in [0.29, 0.717) is 59.9 Å². The molecule has 0 atom stereocenters. The number of ether oxygens (including phenoxy) is 2. The minimum atomic E-state index is -0.382. The van der Waals surface area contributed by atoms with Crippen molar-refractivity contribution >= 4 is 55.8 Å². The Morgan fingerprint density at radius 1 is 1.20 bits per heavy atom. The molecule has 2 aromatic carbocycles. The Hall–Kier alpha value is -3.98. The Labute approximate surface area is 241 Å². The van der Waals surface area contributed by atoms with Gasteiger partial charge in [-0.1, -0.05) is 28.6 Å². The molecule has 4 rings (SSSR count). The second kappa shape index (κ2) is 13.9. The van der Waals surface area contributed by atoms with Crippen molar-refractivity contribution < 1.29 is 19.1 Å². The van der Waals surface area contributed by atoms with E-state index in [1.54, 1.807) is 19.1 Å². The highest BCUT2D eigenvalue weighted by Crippen LogP contribution is 2.36. The Bertz CT molecular complexity index is 1430. The molecule has 1 aliphatic heterocycles. The van der Waals surface area contributed by atoms with Gasteiger partial charge in [0.05, 0.1) is 35.6 Å². The van der Waals surface area contributed by atoms with E-state index >= 15 is 0 Å². The van der Waals surface area contributed by atoms with E-state index in [4.69, 9.17) is 9.47 Å². The number of hydrogen-bond acceptors (Lipinski definition) is 9. The van der Waals surface area contributed by atoms with Crippen LogP contribution in [0.4, 0.5) is 17.1 Å². The van der Waals surface area contributed by atoms with Crippen LogP contribution in [0, 0.1) is 11.3 Å². The van der Waals surface area contributed by atoms with Crippen molar-refractivity contribution in [2.75, 3.05) is 63.1 Å². The summed E-state index contributed by atoms with van der Waals surface area (Å²) in [4.78, 5) is 32.8. The standard InChI is InChI=1S/C29H31BrN6O4/c1-3-27(37)34-25-15-23-24(32-18-20(17-31)29(23)33-22-7-5-6-21(30)14-22)16-26(25)40-13-12-35-8-10-36(11-9-35)19-28(38)39-4-2/h3,5-7,14-16,18H,1,4,8-13,19H2,2H3,(H,32,33)(H,34,37). The molecule has 1 aliphatic rings. The van der Waals surface area contributed by atoms with Crippen molar-refractivity contribution in [1.29, 1.82) is 5.26 Å².